The monoisotopic (exact) mass is 242 g/mol. The Morgan fingerprint density at radius 3 is 2.94 bits per heavy atom. The van der Waals surface area contributed by atoms with E-state index in [2.05, 4.69) is 34.6 Å². The van der Waals surface area contributed by atoms with Crippen LogP contribution in [0.25, 0.3) is 0 Å². The molecule has 1 unspecified atom stereocenters. The number of nitrogens with one attached hydrogen (secondary N) is 1. The Morgan fingerprint density at radius 2 is 2.17 bits per heavy atom. The zero-order valence-electron chi connectivity index (χ0n) is 10.4. The van der Waals surface area contributed by atoms with Crippen LogP contribution in [0.2, 0.25) is 0 Å². The Hall–Kier alpha value is -1.61. The van der Waals surface area contributed by atoms with Crippen LogP contribution in [-0.2, 0) is 6.42 Å². The smallest absolute Gasteiger partial charge is 0.198 e. The van der Waals surface area contributed by atoms with E-state index >= 15 is 0 Å². The van der Waals surface area contributed by atoms with Gasteiger partial charge in [-0.1, -0.05) is 30.3 Å². The Balaban J connectivity index is 1.69. The van der Waals surface area contributed by atoms with E-state index in [1.165, 1.54) is 18.4 Å². The van der Waals surface area contributed by atoms with Gasteiger partial charge >= 0.3 is 0 Å². The maximum atomic E-state index is 5.88. The molecular formula is C15H18N2O. The molecule has 0 amide bonds. The second-order valence-electron chi connectivity index (χ2n) is 4.87. The lowest BCUT2D eigenvalue weighted by molar-refractivity contribution is 0.365. The lowest BCUT2D eigenvalue weighted by atomic mass is 10.00. The van der Waals surface area contributed by atoms with Gasteiger partial charge in [0.2, 0.25) is 0 Å². The highest BCUT2D eigenvalue weighted by atomic mass is 16.4. The molecule has 0 saturated carbocycles. The molecule has 0 spiro atoms. The fourth-order valence-electron chi connectivity index (χ4n) is 2.45. The van der Waals surface area contributed by atoms with Gasteiger partial charge in [0.15, 0.2) is 5.89 Å². The molecule has 2 aromatic rings. The molecule has 3 heteroatoms. The zero-order chi connectivity index (χ0) is 12.2. The van der Waals surface area contributed by atoms with E-state index in [1.807, 2.05) is 12.3 Å². The van der Waals surface area contributed by atoms with Crippen LogP contribution in [0, 0.1) is 0 Å². The van der Waals surface area contributed by atoms with Gasteiger partial charge in [0.25, 0.3) is 0 Å². The summed E-state index contributed by atoms with van der Waals surface area (Å²) in [4.78, 5) is 4.43. The van der Waals surface area contributed by atoms with Gasteiger partial charge in [0.1, 0.15) is 5.76 Å². The van der Waals surface area contributed by atoms with Gasteiger partial charge in [0, 0.05) is 18.9 Å². The van der Waals surface area contributed by atoms with Crippen molar-refractivity contribution < 1.29 is 4.42 Å². The second kappa shape index (κ2) is 5.36. The Labute approximate surface area is 107 Å². The third-order valence-electron chi connectivity index (χ3n) is 3.44. The van der Waals surface area contributed by atoms with Crippen molar-refractivity contribution >= 4 is 0 Å². The standard InChI is InChI=1S/C15H18N2O/c1-2-5-12(6-3-1)9-14-11-17-15(18-14)13-7-4-8-16-10-13/h1-3,5-6,11,13,16H,4,7-10H2. The molecule has 18 heavy (non-hydrogen) atoms. The van der Waals surface area contributed by atoms with Crippen LogP contribution in [0.3, 0.4) is 0 Å². The molecule has 3 nitrogen and oxygen atoms in total. The lowest BCUT2D eigenvalue weighted by Crippen LogP contribution is -2.28. The van der Waals surface area contributed by atoms with Crippen molar-refractivity contribution in [3.05, 3.63) is 53.7 Å². The van der Waals surface area contributed by atoms with Crippen molar-refractivity contribution in [1.82, 2.24) is 10.3 Å². The van der Waals surface area contributed by atoms with Crippen molar-refractivity contribution in [1.29, 1.82) is 0 Å². The first-order chi connectivity index (χ1) is 8.92. The molecule has 1 atom stereocenters. The number of benzene rings is 1. The predicted molar refractivity (Wildman–Crippen MR) is 70.6 cm³/mol. The van der Waals surface area contributed by atoms with E-state index in [0.717, 1.165) is 31.2 Å². The number of aromatic nitrogens is 1. The molecule has 3 rings (SSSR count). The summed E-state index contributed by atoms with van der Waals surface area (Å²) in [5.74, 6) is 2.30. The van der Waals surface area contributed by atoms with Gasteiger partial charge in [-0.3, -0.25) is 0 Å². The summed E-state index contributed by atoms with van der Waals surface area (Å²) in [7, 11) is 0. The van der Waals surface area contributed by atoms with E-state index in [-0.39, 0.29) is 0 Å². The minimum Gasteiger partial charge on any atom is -0.445 e. The third kappa shape index (κ3) is 2.62. The maximum Gasteiger partial charge on any atom is 0.198 e. The molecule has 2 heterocycles. The minimum absolute atomic E-state index is 0.447. The summed E-state index contributed by atoms with van der Waals surface area (Å²) in [5.41, 5.74) is 1.27. The van der Waals surface area contributed by atoms with Crippen molar-refractivity contribution in [2.24, 2.45) is 0 Å². The molecule has 1 aliphatic heterocycles. The van der Waals surface area contributed by atoms with Gasteiger partial charge in [0.05, 0.1) is 6.20 Å². The van der Waals surface area contributed by atoms with Gasteiger partial charge in [-0.25, -0.2) is 4.98 Å². The Morgan fingerprint density at radius 1 is 1.28 bits per heavy atom. The summed E-state index contributed by atoms with van der Waals surface area (Å²) in [6, 6.07) is 10.4. The average molecular weight is 242 g/mol. The highest BCUT2D eigenvalue weighted by Crippen LogP contribution is 2.23. The van der Waals surface area contributed by atoms with Crippen molar-refractivity contribution in [2.75, 3.05) is 13.1 Å². The normalized spacial score (nSPS) is 19.9. The van der Waals surface area contributed by atoms with Crippen LogP contribution in [0.15, 0.2) is 40.9 Å². The summed E-state index contributed by atoms with van der Waals surface area (Å²) >= 11 is 0. The van der Waals surface area contributed by atoms with Gasteiger partial charge in [-0.05, 0) is 24.9 Å². The quantitative estimate of drug-likeness (QED) is 0.899. The van der Waals surface area contributed by atoms with E-state index < -0.39 is 0 Å². The first-order valence-electron chi connectivity index (χ1n) is 6.61. The molecule has 94 valence electrons. The zero-order valence-corrected chi connectivity index (χ0v) is 10.4. The van der Waals surface area contributed by atoms with E-state index in [4.69, 9.17) is 4.42 Å². The molecule has 0 aliphatic carbocycles. The molecule has 0 radical (unpaired) electrons. The Bertz CT molecular complexity index is 486. The van der Waals surface area contributed by atoms with Crippen LogP contribution in [-0.4, -0.2) is 18.1 Å². The van der Waals surface area contributed by atoms with Crippen LogP contribution in [0.4, 0.5) is 0 Å². The maximum absolute atomic E-state index is 5.88. The summed E-state index contributed by atoms with van der Waals surface area (Å²) < 4.78 is 5.88. The number of hydrogen-bond donors (Lipinski definition) is 1. The molecule has 1 N–H and O–H groups in total. The Kier molecular flexibility index (Phi) is 3.42. The third-order valence-corrected chi connectivity index (χ3v) is 3.44. The molecule has 1 saturated heterocycles. The molecule has 1 aromatic heterocycles. The largest absolute Gasteiger partial charge is 0.445 e. The highest BCUT2D eigenvalue weighted by Gasteiger charge is 2.19. The topological polar surface area (TPSA) is 38.1 Å². The number of piperidine rings is 1. The second-order valence-corrected chi connectivity index (χ2v) is 4.87. The summed E-state index contributed by atoms with van der Waals surface area (Å²) in [5, 5.41) is 3.39. The van der Waals surface area contributed by atoms with E-state index in [1.54, 1.807) is 0 Å². The SMILES string of the molecule is c1ccc(Cc2cnc(C3CCCNC3)o2)cc1. The summed E-state index contributed by atoms with van der Waals surface area (Å²) in [6.45, 7) is 2.11. The first-order valence-corrected chi connectivity index (χ1v) is 6.61. The van der Waals surface area contributed by atoms with Crippen LogP contribution >= 0.6 is 0 Å². The van der Waals surface area contributed by atoms with Gasteiger partial charge in [-0.2, -0.15) is 0 Å². The molecular weight excluding hydrogens is 224 g/mol. The first kappa shape index (κ1) is 11.5. The van der Waals surface area contributed by atoms with Crippen molar-refractivity contribution in [2.45, 2.75) is 25.2 Å². The highest BCUT2D eigenvalue weighted by molar-refractivity contribution is 5.19. The van der Waals surface area contributed by atoms with Gasteiger partial charge in [-0.15, -0.1) is 0 Å². The minimum atomic E-state index is 0.447. The summed E-state index contributed by atoms with van der Waals surface area (Å²) in [6.07, 6.45) is 5.09. The number of nitrogens with zero attached hydrogens (tertiary/aromatic N) is 1. The fraction of sp³-hybridized carbons (Fsp3) is 0.400. The van der Waals surface area contributed by atoms with E-state index in [9.17, 15) is 0 Å². The van der Waals surface area contributed by atoms with Crippen LogP contribution in [0.1, 0.15) is 36.0 Å². The van der Waals surface area contributed by atoms with Crippen LogP contribution < -0.4 is 5.32 Å². The van der Waals surface area contributed by atoms with Crippen molar-refractivity contribution in [3.8, 4) is 0 Å². The number of oxazole rings is 1. The van der Waals surface area contributed by atoms with Gasteiger partial charge < -0.3 is 9.73 Å². The average Bonchev–Trinajstić information content (AvgIpc) is 2.89. The predicted octanol–water partition coefficient (Wildman–Crippen LogP) is 2.73. The molecule has 1 aliphatic rings. The number of rotatable bonds is 3. The number of hydrogen-bond acceptors (Lipinski definition) is 3. The molecule has 0 bridgehead atoms. The van der Waals surface area contributed by atoms with Crippen molar-refractivity contribution in [3.63, 3.8) is 0 Å². The molecule has 1 aromatic carbocycles. The fourth-order valence-corrected chi connectivity index (χ4v) is 2.45. The lowest BCUT2D eigenvalue weighted by Gasteiger charge is -2.19. The van der Waals surface area contributed by atoms with E-state index in [0.29, 0.717) is 5.92 Å². The molecule has 1 fully saturated rings. The van der Waals surface area contributed by atoms with Crippen LogP contribution in [0.5, 0.6) is 0 Å².